The lowest BCUT2D eigenvalue weighted by Gasteiger charge is -2.39. The molecule has 0 spiro atoms. The van der Waals surface area contributed by atoms with Crippen LogP contribution in [0.15, 0.2) is 24.4 Å². The molecular weight excluding hydrogens is 172 g/mol. The maximum absolute atomic E-state index is 4.30. The minimum atomic E-state index is 0.425. The molecule has 2 heteroatoms. The lowest BCUT2D eigenvalue weighted by molar-refractivity contribution is 0.210. The van der Waals surface area contributed by atoms with Gasteiger partial charge in [0.1, 0.15) is 0 Å². The fourth-order valence-electron chi connectivity index (χ4n) is 1.92. The molecule has 1 saturated carbocycles. The van der Waals surface area contributed by atoms with Crippen LogP contribution in [-0.4, -0.2) is 17.1 Å². The molecule has 0 unspecified atom stereocenters. The van der Waals surface area contributed by atoms with Crippen molar-refractivity contribution in [1.29, 1.82) is 0 Å². The zero-order valence-corrected chi connectivity index (χ0v) is 8.79. The average Bonchev–Trinajstić information content (AvgIpc) is 2.17. The van der Waals surface area contributed by atoms with Crippen LogP contribution in [0.4, 0.5) is 0 Å². The molecule has 1 heterocycles. The van der Waals surface area contributed by atoms with Crippen LogP contribution in [0.2, 0.25) is 0 Å². The van der Waals surface area contributed by atoms with Gasteiger partial charge in [-0.3, -0.25) is 4.98 Å². The summed E-state index contributed by atoms with van der Waals surface area (Å²) in [5.41, 5.74) is 1.61. The highest BCUT2D eigenvalue weighted by atomic mass is 15.0. The zero-order valence-electron chi connectivity index (χ0n) is 8.79. The third kappa shape index (κ3) is 2.32. The van der Waals surface area contributed by atoms with Crippen LogP contribution in [0.3, 0.4) is 0 Å². The molecule has 0 amide bonds. The third-order valence-electron chi connectivity index (χ3n) is 3.12. The molecule has 0 radical (unpaired) electrons. The fourth-order valence-corrected chi connectivity index (χ4v) is 1.92. The Morgan fingerprint density at radius 1 is 1.43 bits per heavy atom. The number of rotatable bonds is 4. The minimum Gasteiger partial charge on any atom is -0.311 e. The summed E-state index contributed by atoms with van der Waals surface area (Å²) in [6, 6.07) is 6.10. The van der Waals surface area contributed by atoms with Gasteiger partial charge < -0.3 is 5.32 Å². The monoisotopic (exact) mass is 190 g/mol. The summed E-state index contributed by atoms with van der Waals surface area (Å²) in [6.45, 7) is 3.36. The lowest BCUT2D eigenvalue weighted by atomic mass is 9.78. The molecule has 0 bridgehead atoms. The standard InChI is InChI=1S/C12H18N2/c1-12(7-4-8-12)14-10-6-11-5-2-3-9-13-11/h2-3,5,9,14H,4,6-8,10H2,1H3. The van der Waals surface area contributed by atoms with Crippen LogP contribution in [-0.2, 0) is 6.42 Å². The summed E-state index contributed by atoms with van der Waals surface area (Å²) in [6.07, 6.45) is 6.94. The first-order valence-electron chi connectivity index (χ1n) is 5.43. The highest BCUT2D eigenvalue weighted by molar-refractivity contribution is 5.04. The number of aromatic nitrogens is 1. The predicted octanol–water partition coefficient (Wildman–Crippen LogP) is 2.16. The molecule has 1 aromatic rings. The van der Waals surface area contributed by atoms with Crippen molar-refractivity contribution in [2.75, 3.05) is 6.54 Å². The molecule has 1 aliphatic rings. The van der Waals surface area contributed by atoms with Crippen molar-refractivity contribution >= 4 is 0 Å². The van der Waals surface area contributed by atoms with Gasteiger partial charge in [-0.25, -0.2) is 0 Å². The average molecular weight is 190 g/mol. The van der Waals surface area contributed by atoms with Crippen LogP contribution in [0.5, 0.6) is 0 Å². The molecule has 2 nitrogen and oxygen atoms in total. The van der Waals surface area contributed by atoms with Crippen molar-refractivity contribution in [1.82, 2.24) is 10.3 Å². The van der Waals surface area contributed by atoms with E-state index in [0.717, 1.165) is 13.0 Å². The number of pyridine rings is 1. The number of hydrogen-bond donors (Lipinski definition) is 1. The molecule has 0 saturated heterocycles. The van der Waals surface area contributed by atoms with Crippen LogP contribution >= 0.6 is 0 Å². The Hall–Kier alpha value is -0.890. The van der Waals surface area contributed by atoms with E-state index < -0.39 is 0 Å². The quantitative estimate of drug-likeness (QED) is 0.787. The summed E-state index contributed by atoms with van der Waals surface area (Å²) in [7, 11) is 0. The Morgan fingerprint density at radius 3 is 2.86 bits per heavy atom. The van der Waals surface area contributed by atoms with E-state index in [1.165, 1.54) is 25.0 Å². The Labute approximate surface area is 85.7 Å². The molecule has 14 heavy (non-hydrogen) atoms. The summed E-state index contributed by atoms with van der Waals surface area (Å²) in [4.78, 5) is 4.30. The second-order valence-electron chi connectivity index (χ2n) is 4.41. The van der Waals surface area contributed by atoms with E-state index in [2.05, 4.69) is 23.3 Å². The Balaban J connectivity index is 1.73. The van der Waals surface area contributed by atoms with Gasteiger partial charge in [-0.15, -0.1) is 0 Å². The molecule has 1 aromatic heterocycles. The smallest absolute Gasteiger partial charge is 0.0416 e. The Kier molecular flexibility index (Phi) is 2.82. The number of nitrogens with one attached hydrogen (secondary N) is 1. The van der Waals surface area contributed by atoms with Gasteiger partial charge in [0.15, 0.2) is 0 Å². The third-order valence-corrected chi connectivity index (χ3v) is 3.12. The number of nitrogens with zero attached hydrogens (tertiary/aromatic N) is 1. The molecule has 2 rings (SSSR count). The van der Waals surface area contributed by atoms with Crippen LogP contribution in [0, 0.1) is 0 Å². The molecule has 0 atom stereocenters. The van der Waals surface area contributed by atoms with E-state index in [1.54, 1.807) is 0 Å². The molecule has 0 aromatic carbocycles. The van der Waals surface area contributed by atoms with Gasteiger partial charge in [0.2, 0.25) is 0 Å². The second kappa shape index (κ2) is 4.09. The van der Waals surface area contributed by atoms with Gasteiger partial charge in [0, 0.05) is 30.4 Å². The van der Waals surface area contributed by atoms with Crippen molar-refractivity contribution in [2.24, 2.45) is 0 Å². The van der Waals surface area contributed by atoms with Crippen molar-refractivity contribution < 1.29 is 0 Å². The molecular formula is C12H18N2. The lowest BCUT2D eigenvalue weighted by Crippen LogP contribution is -2.48. The van der Waals surface area contributed by atoms with Crippen molar-refractivity contribution in [3.05, 3.63) is 30.1 Å². The first-order chi connectivity index (χ1) is 6.79. The van der Waals surface area contributed by atoms with Gasteiger partial charge >= 0.3 is 0 Å². The number of hydrogen-bond acceptors (Lipinski definition) is 2. The summed E-state index contributed by atoms with van der Waals surface area (Å²) in [5, 5.41) is 3.60. The summed E-state index contributed by atoms with van der Waals surface area (Å²) in [5.74, 6) is 0. The first kappa shape index (κ1) is 9.66. The Bertz CT molecular complexity index is 278. The van der Waals surface area contributed by atoms with Crippen molar-refractivity contribution in [2.45, 2.75) is 38.1 Å². The molecule has 1 N–H and O–H groups in total. The van der Waals surface area contributed by atoms with E-state index >= 15 is 0 Å². The predicted molar refractivity (Wildman–Crippen MR) is 58.2 cm³/mol. The largest absolute Gasteiger partial charge is 0.311 e. The maximum atomic E-state index is 4.30. The van der Waals surface area contributed by atoms with Gasteiger partial charge in [0.25, 0.3) is 0 Å². The van der Waals surface area contributed by atoms with Gasteiger partial charge in [-0.05, 0) is 38.3 Å². The fraction of sp³-hybridized carbons (Fsp3) is 0.583. The van der Waals surface area contributed by atoms with E-state index in [1.807, 2.05) is 18.3 Å². The van der Waals surface area contributed by atoms with Crippen LogP contribution in [0.1, 0.15) is 31.9 Å². The second-order valence-corrected chi connectivity index (χ2v) is 4.41. The van der Waals surface area contributed by atoms with E-state index in [4.69, 9.17) is 0 Å². The van der Waals surface area contributed by atoms with Gasteiger partial charge in [0.05, 0.1) is 0 Å². The normalized spacial score (nSPS) is 18.9. The SMILES string of the molecule is CC1(NCCc2ccccn2)CCC1. The van der Waals surface area contributed by atoms with Gasteiger partial charge in [-0.1, -0.05) is 6.07 Å². The topological polar surface area (TPSA) is 24.9 Å². The van der Waals surface area contributed by atoms with Crippen LogP contribution < -0.4 is 5.32 Å². The Morgan fingerprint density at radius 2 is 2.29 bits per heavy atom. The maximum Gasteiger partial charge on any atom is 0.0416 e. The van der Waals surface area contributed by atoms with Crippen LogP contribution in [0.25, 0.3) is 0 Å². The van der Waals surface area contributed by atoms with Crippen molar-refractivity contribution in [3.63, 3.8) is 0 Å². The van der Waals surface area contributed by atoms with Crippen molar-refractivity contribution in [3.8, 4) is 0 Å². The van der Waals surface area contributed by atoms with E-state index in [-0.39, 0.29) is 0 Å². The summed E-state index contributed by atoms with van der Waals surface area (Å²) >= 11 is 0. The molecule has 1 fully saturated rings. The van der Waals surface area contributed by atoms with E-state index in [0.29, 0.717) is 5.54 Å². The highest BCUT2D eigenvalue weighted by Gasteiger charge is 2.30. The highest BCUT2D eigenvalue weighted by Crippen LogP contribution is 2.30. The van der Waals surface area contributed by atoms with E-state index in [9.17, 15) is 0 Å². The van der Waals surface area contributed by atoms with Gasteiger partial charge in [-0.2, -0.15) is 0 Å². The minimum absolute atomic E-state index is 0.425. The molecule has 1 aliphatic carbocycles. The molecule has 76 valence electrons. The first-order valence-corrected chi connectivity index (χ1v) is 5.43. The molecule has 0 aliphatic heterocycles. The summed E-state index contributed by atoms with van der Waals surface area (Å²) < 4.78 is 0. The zero-order chi connectivity index (χ0) is 9.86.